The van der Waals surface area contributed by atoms with Crippen LogP contribution in [0.15, 0.2) is 176 Å². The lowest BCUT2D eigenvalue weighted by Crippen LogP contribution is -1.96. The molecule has 0 radical (unpaired) electrons. The lowest BCUT2D eigenvalue weighted by molar-refractivity contribution is 1.14. The van der Waals surface area contributed by atoms with Crippen LogP contribution in [0.3, 0.4) is 0 Å². The molecule has 0 saturated heterocycles. The molecule has 10 rings (SSSR count). The van der Waals surface area contributed by atoms with E-state index in [1.807, 2.05) is 30.3 Å². The summed E-state index contributed by atoms with van der Waals surface area (Å²) in [6, 6.07) is 62.7. The van der Waals surface area contributed by atoms with E-state index >= 15 is 0 Å². The molecule has 0 aliphatic carbocycles. The molecule has 0 N–H and O–H groups in total. The van der Waals surface area contributed by atoms with E-state index in [-0.39, 0.29) is 0 Å². The van der Waals surface area contributed by atoms with Gasteiger partial charge in [-0.25, -0.2) is 9.97 Å². The number of aromatic nitrogens is 3. The molecule has 2 aromatic heterocycles. The van der Waals surface area contributed by atoms with Crippen LogP contribution < -0.4 is 0 Å². The zero-order valence-electron chi connectivity index (χ0n) is 26.6. The molecule has 0 aliphatic heterocycles. The van der Waals surface area contributed by atoms with Crippen LogP contribution in [0.2, 0.25) is 0 Å². The molecule has 10 aromatic rings. The number of nitrogens with zero attached hydrogens (tertiary/aromatic N) is 3. The van der Waals surface area contributed by atoms with Gasteiger partial charge >= 0.3 is 0 Å². The standard InChI is InChI=1S/C46H29N3/c1-4-14-30(15-5-1)43-35-20-10-11-21-36(35)44(31-16-6-2-7-17-31)38-28-32(24-26-37(38)43)33-25-27-42-39(29-33)45-46(49(42)34-18-8-3-9-19-34)48-41-23-13-12-22-40(41)47-45/h1-29H. The predicted octanol–water partition coefficient (Wildman–Crippen LogP) is 12.0. The first kappa shape index (κ1) is 27.5. The topological polar surface area (TPSA) is 30.7 Å². The highest BCUT2D eigenvalue weighted by molar-refractivity contribution is 6.22. The second-order valence-corrected chi connectivity index (χ2v) is 12.6. The van der Waals surface area contributed by atoms with Crippen LogP contribution in [-0.2, 0) is 0 Å². The molecule has 3 heteroatoms. The molecule has 0 amide bonds. The Bertz CT molecular complexity index is 2850. The first-order valence-electron chi connectivity index (χ1n) is 16.7. The van der Waals surface area contributed by atoms with Crippen molar-refractivity contribution in [2.24, 2.45) is 0 Å². The Morgan fingerprint density at radius 3 is 1.49 bits per heavy atom. The third kappa shape index (κ3) is 4.37. The van der Waals surface area contributed by atoms with Gasteiger partial charge in [-0.05, 0) is 97.4 Å². The SMILES string of the molecule is c1ccc(-c2c3ccccc3c(-c3ccccc3)c3cc(-c4ccc5c(c4)c4nc6ccccc6nc4n5-c4ccccc4)ccc23)cc1. The van der Waals surface area contributed by atoms with Crippen molar-refractivity contribution >= 4 is 54.6 Å². The van der Waals surface area contributed by atoms with E-state index in [0.29, 0.717) is 0 Å². The fraction of sp³-hybridized carbons (Fsp3) is 0. The highest BCUT2D eigenvalue weighted by Gasteiger charge is 2.19. The summed E-state index contributed by atoms with van der Waals surface area (Å²) in [5.74, 6) is 0. The summed E-state index contributed by atoms with van der Waals surface area (Å²) in [4.78, 5) is 10.3. The minimum atomic E-state index is 0.862. The summed E-state index contributed by atoms with van der Waals surface area (Å²) < 4.78 is 2.24. The van der Waals surface area contributed by atoms with Crippen molar-refractivity contribution in [3.8, 4) is 39.1 Å². The lowest BCUT2D eigenvalue weighted by Gasteiger charge is -2.18. The van der Waals surface area contributed by atoms with Crippen LogP contribution in [0.1, 0.15) is 0 Å². The number of hydrogen-bond acceptors (Lipinski definition) is 2. The molecule has 0 spiro atoms. The van der Waals surface area contributed by atoms with Gasteiger partial charge < -0.3 is 0 Å². The molecule has 0 atom stereocenters. The van der Waals surface area contributed by atoms with Gasteiger partial charge in [-0.3, -0.25) is 4.57 Å². The minimum Gasteiger partial charge on any atom is -0.293 e. The smallest absolute Gasteiger partial charge is 0.165 e. The van der Waals surface area contributed by atoms with Gasteiger partial charge in [0.25, 0.3) is 0 Å². The van der Waals surface area contributed by atoms with Crippen molar-refractivity contribution < 1.29 is 0 Å². The van der Waals surface area contributed by atoms with Gasteiger partial charge in [-0.15, -0.1) is 0 Å². The second-order valence-electron chi connectivity index (χ2n) is 12.6. The van der Waals surface area contributed by atoms with Crippen molar-refractivity contribution in [1.29, 1.82) is 0 Å². The molecule has 49 heavy (non-hydrogen) atoms. The van der Waals surface area contributed by atoms with Crippen LogP contribution in [0, 0.1) is 0 Å². The number of rotatable bonds is 4. The molecule has 0 fully saturated rings. The van der Waals surface area contributed by atoms with Gasteiger partial charge in [0.1, 0.15) is 5.52 Å². The Morgan fingerprint density at radius 1 is 0.347 bits per heavy atom. The Hall–Kier alpha value is -6.58. The van der Waals surface area contributed by atoms with Gasteiger partial charge in [-0.2, -0.15) is 0 Å². The third-order valence-corrected chi connectivity index (χ3v) is 9.75. The fourth-order valence-electron chi connectivity index (χ4n) is 7.57. The summed E-state index contributed by atoms with van der Waals surface area (Å²) in [6.45, 7) is 0. The van der Waals surface area contributed by atoms with Crippen LogP contribution in [0.25, 0.3) is 93.7 Å². The quantitative estimate of drug-likeness (QED) is 0.183. The maximum atomic E-state index is 5.19. The molecule has 8 aromatic carbocycles. The number of fused-ring (bicyclic) bond motifs is 6. The second kappa shape index (κ2) is 11.0. The van der Waals surface area contributed by atoms with Crippen molar-refractivity contribution in [2.75, 3.05) is 0 Å². The van der Waals surface area contributed by atoms with Crippen LogP contribution >= 0.6 is 0 Å². The third-order valence-electron chi connectivity index (χ3n) is 9.75. The summed E-state index contributed by atoms with van der Waals surface area (Å²) in [5, 5.41) is 6.07. The molecule has 0 saturated carbocycles. The number of benzene rings is 8. The van der Waals surface area contributed by atoms with Crippen molar-refractivity contribution in [2.45, 2.75) is 0 Å². The normalized spacial score (nSPS) is 11.7. The molecule has 0 bridgehead atoms. The van der Waals surface area contributed by atoms with Crippen molar-refractivity contribution in [3.05, 3.63) is 176 Å². The fourth-order valence-corrected chi connectivity index (χ4v) is 7.57. The highest BCUT2D eigenvalue weighted by Crippen LogP contribution is 2.45. The Balaban J connectivity index is 1.27. The Labute approximate surface area is 283 Å². The van der Waals surface area contributed by atoms with E-state index in [1.165, 1.54) is 43.8 Å². The highest BCUT2D eigenvalue weighted by atomic mass is 15.1. The zero-order chi connectivity index (χ0) is 32.3. The van der Waals surface area contributed by atoms with E-state index < -0.39 is 0 Å². The van der Waals surface area contributed by atoms with Gasteiger partial charge in [0, 0.05) is 11.1 Å². The van der Waals surface area contributed by atoms with E-state index in [1.54, 1.807) is 0 Å². The minimum absolute atomic E-state index is 0.862. The Kier molecular flexibility index (Phi) is 6.18. The summed E-state index contributed by atoms with van der Waals surface area (Å²) >= 11 is 0. The van der Waals surface area contributed by atoms with E-state index in [2.05, 4.69) is 150 Å². The van der Waals surface area contributed by atoms with Gasteiger partial charge in [-0.1, -0.05) is 133 Å². The summed E-state index contributed by atoms with van der Waals surface area (Å²) in [6.07, 6.45) is 0. The molecule has 228 valence electrons. The largest absolute Gasteiger partial charge is 0.293 e. The van der Waals surface area contributed by atoms with Crippen LogP contribution in [0.5, 0.6) is 0 Å². The molecule has 0 aliphatic rings. The van der Waals surface area contributed by atoms with E-state index in [4.69, 9.17) is 9.97 Å². The van der Waals surface area contributed by atoms with Crippen molar-refractivity contribution in [3.63, 3.8) is 0 Å². The zero-order valence-corrected chi connectivity index (χ0v) is 26.6. The first-order valence-corrected chi connectivity index (χ1v) is 16.7. The number of para-hydroxylation sites is 3. The van der Waals surface area contributed by atoms with E-state index in [0.717, 1.165) is 49.9 Å². The van der Waals surface area contributed by atoms with Crippen LogP contribution in [0.4, 0.5) is 0 Å². The Morgan fingerprint density at radius 2 is 0.837 bits per heavy atom. The summed E-state index contributed by atoms with van der Waals surface area (Å²) in [7, 11) is 0. The van der Waals surface area contributed by atoms with Gasteiger partial charge in [0.15, 0.2) is 5.65 Å². The maximum absolute atomic E-state index is 5.19. The van der Waals surface area contributed by atoms with Crippen molar-refractivity contribution in [1.82, 2.24) is 14.5 Å². The van der Waals surface area contributed by atoms with E-state index in [9.17, 15) is 0 Å². The van der Waals surface area contributed by atoms with Gasteiger partial charge in [0.05, 0.1) is 16.6 Å². The number of hydrogen-bond donors (Lipinski definition) is 0. The monoisotopic (exact) mass is 623 g/mol. The average molecular weight is 624 g/mol. The van der Waals surface area contributed by atoms with Gasteiger partial charge in [0.2, 0.25) is 0 Å². The van der Waals surface area contributed by atoms with Crippen LogP contribution in [-0.4, -0.2) is 14.5 Å². The molecule has 2 heterocycles. The molecular weight excluding hydrogens is 595 g/mol. The molecular formula is C46H29N3. The first-order chi connectivity index (χ1) is 24.3. The maximum Gasteiger partial charge on any atom is 0.165 e. The molecule has 0 unspecified atom stereocenters. The summed E-state index contributed by atoms with van der Waals surface area (Å²) in [5.41, 5.74) is 13.0. The predicted molar refractivity (Wildman–Crippen MR) is 205 cm³/mol. The molecule has 3 nitrogen and oxygen atoms in total. The average Bonchev–Trinajstić information content (AvgIpc) is 3.49. The lowest BCUT2D eigenvalue weighted by atomic mass is 9.85.